The van der Waals surface area contributed by atoms with Crippen molar-refractivity contribution in [3.8, 4) is 0 Å². The lowest BCUT2D eigenvalue weighted by atomic mass is 9.63. The Kier molecular flexibility index (Phi) is 4.14. The molecule has 1 fully saturated rings. The molecule has 16 heavy (non-hydrogen) atoms. The number of hydrogen-bond acceptors (Lipinski definition) is 3. The summed E-state index contributed by atoms with van der Waals surface area (Å²) in [6.45, 7) is 7.62. The van der Waals surface area contributed by atoms with E-state index in [-0.39, 0.29) is 5.97 Å². The lowest BCUT2D eigenvalue weighted by Crippen LogP contribution is -2.53. The number of carbonyl (C=O) groups excluding carboxylic acids is 1. The number of rotatable bonds is 4. The van der Waals surface area contributed by atoms with Crippen LogP contribution in [0, 0.1) is 5.41 Å². The first-order valence-electron chi connectivity index (χ1n) is 6.00. The van der Waals surface area contributed by atoms with Crippen LogP contribution in [0.15, 0.2) is 12.7 Å². The third-order valence-electron chi connectivity index (χ3n) is 3.75. The van der Waals surface area contributed by atoms with Gasteiger partial charge in [-0.3, -0.25) is 4.79 Å². The molecular formula is C13H22O3. The summed E-state index contributed by atoms with van der Waals surface area (Å²) in [6.07, 6.45) is 5.39. The van der Waals surface area contributed by atoms with Gasteiger partial charge in [-0.25, -0.2) is 0 Å². The lowest BCUT2D eigenvalue weighted by Gasteiger charge is -2.46. The SMILES string of the molecule is C=CC[C@@]1(O)CCCC[C@@]1(C)C(=O)OCC. The van der Waals surface area contributed by atoms with Crippen molar-refractivity contribution < 1.29 is 14.6 Å². The van der Waals surface area contributed by atoms with Crippen molar-refractivity contribution in [1.29, 1.82) is 0 Å². The van der Waals surface area contributed by atoms with Crippen molar-refractivity contribution in [1.82, 2.24) is 0 Å². The molecule has 0 saturated heterocycles. The Labute approximate surface area is 97.5 Å². The summed E-state index contributed by atoms with van der Waals surface area (Å²) < 4.78 is 5.09. The van der Waals surface area contributed by atoms with E-state index < -0.39 is 11.0 Å². The van der Waals surface area contributed by atoms with Gasteiger partial charge >= 0.3 is 5.97 Å². The number of hydrogen-bond donors (Lipinski definition) is 1. The average molecular weight is 226 g/mol. The molecule has 1 rings (SSSR count). The third-order valence-corrected chi connectivity index (χ3v) is 3.75. The monoisotopic (exact) mass is 226 g/mol. The standard InChI is InChI=1S/C13H22O3/c1-4-8-13(15)10-7-6-9-12(13,3)11(14)16-5-2/h4,15H,1,5-10H2,2-3H3/t12-,13+/m0/s1. The molecule has 3 nitrogen and oxygen atoms in total. The van der Waals surface area contributed by atoms with Gasteiger partial charge in [0.25, 0.3) is 0 Å². The lowest BCUT2D eigenvalue weighted by molar-refractivity contribution is -0.179. The third kappa shape index (κ3) is 2.14. The van der Waals surface area contributed by atoms with E-state index in [0.717, 1.165) is 12.8 Å². The molecule has 0 aromatic heterocycles. The second-order valence-corrected chi connectivity index (χ2v) is 4.78. The van der Waals surface area contributed by atoms with Crippen LogP contribution in [0.2, 0.25) is 0 Å². The highest BCUT2D eigenvalue weighted by molar-refractivity contribution is 5.78. The molecule has 92 valence electrons. The Morgan fingerprint density at radius 2 is 2.12 bits per heavy atom. The fourth-order valence-electron chi connectivity index (χ4n) is 2.55. The molecule has 1 aliphatic carbocycles. The first kappa shape index (κ1) is 13.2. The van der Waals surface area contributed by atoms with E-state index >= 15 is 0 Å². The predicted octanol–water partition coefficient (Wildman–Crippen LogP) is 2.44. The van der Waals surface area contributed by atoms with Crippen LogP contribution in [0.3, 0.4) is 0 Å². The van der Waals surface area contributed by atoms with Crippen molar-refractivity contribution in [2.24, 2.45) is 5.41 Å². The Bertz CT molecular complexity index is 274. The molecule has 1 N–H and O–H groups in total. The number of carbonyl (C=O) groups is 1. The minimum Gasteiger partial charge on any atom is -0.465 e. The first-order valence-corrected chi connectivity index (χ1v) is 6.00. The quantitative estimate of drug-likeness (QED) is 0.591. The second kappa shape index (κ2) is 5.00. The smallest absolute Gasteiger partial charge is 0.314 e. The molecule has 0 radical (unpaired) electrons. The first-order chi connectivity index (χ1) is 7.50. The van der Waals surface area contributed by atoms with E-state index in [4.69, 9.17) is 4.74 Å². The van der Waals surface area contributed by atoms with E-state index in [1.54, 1.807) is 13.0 Å². The number of ether oxygens (including phenoxy) is 1. The van der Waals surface area contributed by atoms with Gasteiger partial charge in [-0.2, -0.15) is 0 Å². The predicted molar refractivity (Wildman–Crippen MR) is 63.0 cm³/mol. The summed E-state index contributed by atoms with van der Waals surface area (Å²) in [4.78, 5) is 12.0. The molecule has 1 saturated carbocycles. The van der Waals surface area contributed by atoms with E-state index in [0.29, 0.717) is 25.9 Å². The highest BCUT2D eigenvalue weighted by Crippen LogP contribution is 2.47. The summed E-state index contributed by atoms with van der Waals surface area (Å²) in [7, 11) is 0. The van der Waals surface area contributed by atoms with Crippen LogP contribution in [-0.4, -0.2) is 23.3 Å². The van der Waals surface area contributed by atoms with Gasteiger partial charge < -0.3 is 9.84 Å². The molecule has 0 amide bonds. The van der Waals surface area contributed by atoms with Crippen LogP contribution in [0.5, 0.6) is 0 Å². The van der Waals surface area contributed by atoms with E-state index in [2.05, 4.69) is 6.58 Å². The van der Waals surface area contributed by atoms with Crippen LogP contribution in [0.4, 0.5) is 0 Å². The molecule has 0 aliphatic heterocycles. The maximum absolute atomic E-state index is 12.0. The fourth-order valence-corrected chi connectivity index (χ4v) is 2.55. The molecule has 0 heterocycles. The summed E-state index contributed by atoms with van der Waals surface area (Å²) in [6, 6.07) is 0. The van der Waals surface area contributed by atoms with E-state index in [1.165, 1.54) is 0 Å². The van der Waals surface area contributed by atoms with Gasteiger partial charge in [0.1, 0.15) is 0 Å². The van der Waals surface area contributed by atoms with Gasteiger partial charge in [0, 0.05) is 0 Å². The van der Waals surface area contributed by atoms with E-state index in [9.17, 15) is 9.90 Å². The minimum atomic E-state index is -0.987. The largest absolute Gasteiger partial charge is 0.465 e. The highest BCUT2D eigenvalue weighted by atomic mass is 16.5. The molecule has 0 unspecified atom stereocenters. The number of esters is 1. The van der Waals surface area contributed by atoms with Crippen molar-refractivity contribution in [2.45, 2.75) is 51.6 Å². The molecule has 0 spiro atoms. The van der Waals surface area contributed by atoms with Crippen molar-refractivity contribution >= 4 is 5.97 Å². The Morgan fingerprint density at radius 3 is 2.69 bits per heavy atom. The van der Waals surface area contributed by atoms with Gasteiger partial charge in [-0.15, -0.1) is 6.58 Å². The van der Waals surface area contributed by atoms with Gasteiger partial charge in [-0.1, -0.05) is 18.9 Å². The normalized spacial score (nSPS) is 34.4. The zero-order chi connectivity index (χ0) is 12.2. The fraction of sp³-hybridized carbons (Fsp3) is 0.769. The van der Waals surface area contributed by atoms with E-state index in [1.807, 2.05) is 6.92 Å². The van der Waals surface area contributed by atoms with Crippen LogP contribution in [0.25, 0.3) is 0 Å². The minimum absolute atomic E-state index is 0.279. The Balaban J connectivity index is 2.94. The van der Waals surface area contributed by atoms with Crippen LogP contribution >= 0.6 is 0 Å². The molecule has 0 bridgehead atoms. The molecule has 0 aromatic rings. The summed E-state index contributed by atoms with van der Waals surface area (Å²) in [5.41, 5.74) is -1.77. The molecule has 2 atom stereocenters. The van der Waals surface area contributed by atoms with Gasteiger partial charge in [0.05, 0.1) is 17.6 Å². The van der Waals surface area contributed by atoms with Gasteiger partial charge in [-0.05, 0) is 33.1 Å². The average Bonchev–Trinajstić information content (AvgIpc) is 2.23. The second-order valence-electron chi connectivity index (χ2n) is 4.78. The summed E-state index contributed by atoms with van der Waals surface area (Å²) in [5, 5.41) is 10.6. The van der Waals surface area contributed by atoms with Crippen molar-refractivity contribution in [3.05, 3.63) is 12.7 Å². The summed E-state index contributed by atoms with van der Waals surface area (Å²) >= 11 is 0. The highest BCUT2D eigenvalue weighted by Gasteiger charge is 2.53. The van der Waals surface area contributed by atoms with Gasteiger partial charge in [0.15, 0.2) is 0 Å². The van der Waals surface area contributed by atoms with Crippen LogP contribution in [0.1, 0.15) is 46.0 Å². The zero-order valence-corrected chi connectivity index (χ0v) is 10.3. The molecule has 0 aromatic carbocycles. The van der Waals surface area contributed by atoms with Gasteiger partial charge in [0.2, 0.25) is 0 Å². The van der Waals surface area contributed by atoms with Crippen LogP contribution < -0.4 is 0 Å². The van der Waals surface area contributed by atoms with Crippen LogP contribution in [-0.2, 0) is 9.53 Å². The Hall–Kier alpha value is -0.830. The van der Waals surface area contributed by atoms with Crippen molar-refractivity contribution in [3.63, 3.8) is 0 Å². The maximum atomic E-state index is 12.0. The summed E-state index contributed by atoms with van der Waals surface area (Å²) in [5.74, 6) is -0.279. The maximum Gasteiger partial charge on any atom is 0.314 e. The zero-order valence-electron chi connectivity index (χ0n) is 10.3. The van der Waals surface area contributed by atoms with Crippen molar-refractivity contribution in [2.75, 3.05) is 6.61 Å². The topological polar surface area (TPSA) is 46.5 Å². The Morgan fingerprint density at radius 1 is 1.50 bits per heavy atom. The number of aliphatic hydroxyl groups is 1. The molecule has 1 aliphatic rings. The molecule has 3 heteroatoms. The molecular weight excluding hydrogens is 204 g/mol.